The molecule has 1 saturated heterocycles. The number of hydrogen-bond donors (Lipinski definition) is 0. The number of aromatic nitrogens is 1. The molecule has 24 heavy (non-hydrogen) atoms. The summed E-state index contributed by atoms with van der Waals surface area (Å²) >= 11 is 0. The van der Waals surface area contributed by atoms with Crippen molar-refractivity contribution in [3.05, 3.63) is 35.2 Å². The molecule has 1 aromatic heterocycles. The molecule has 0 radical (unpaired) electrons. The van der Waals surface area contributed by atoms with Gasteiger partial charge in [0.15, 0.2) is 5.69 Å². The zero-order valence-corrected chi connectivity index (χ0v) is 14.7. The normalized spacial score (nSPS) is 15.0. The maximum absolute atomic E-state index is 12.1. The minimum Gasteiger partial charge on any atom is -0.464 e. The Morgan fingerprint density at radius 1 is 1.25 bits per heavy atom. The van der Waals surface area contributed by atoms with Crippen LogP contribution >= 0.6 is 0 Å². The Morgan fingerprint density at radius 3 is 2.50 bits per heavy atom. The first-order valence-electron chi connectivity index (χ1n) is 8.01. The Kier molecular flexibility index (Phi) is 5.59. The molecule has 0 aromatic carbocycles. The lowest BCUT2D eigenvalue weighted by Gasteiger charge is -2.31. The molecule has 130 valence electrons. The second-order valence-electron chi connectivity index (χ2n) is 6.70. The number of ether oxygens (including phenoxy) is 2. The molecule has 2 rings (SSSR count). The zero-order valence-electron chi connectivity index (χ0n) is 14.7. The second kappa shape index (κ2) is 7.47. The number of carbonyl (C=O) groups excluding carboxylic acids is 2. The molecule has 0 bridgehead atoms. The second-order valence-corrected chi connectivity index (χ2v) is 6.70. The van der Waals surface area contributed by atoms with Crippen LogP contribution < -0.4 is 0 Å². The number of likely N-dealkylation sites (tertiary alicyclic amines) is 1. The van der Waals surface area contributed by atoms with Gasteiger partial charge in [-0.1, -0.05) is 17.7 Å². The van der Waals surface area contributed by atoms with Crippen molar-refractivity contribution in [2.75, 3.05) is 20.2 Å². The zero-order chi connectivity index (χ0) is 17.7. The van der Waals surface area contributed by atoms with E-state index in [-0.39, 0.29) is 6.09 Å². The molecular weight excluding hydrogens is 308 g/mol. The Bertz CT molecular complexity index is 637. The lowest BCUT2D eigenvalue weighted by atomic mass is 10.0. The van der Waals surface area contributed by atoms with Crippen LogP contribution in [-0.4, -0.2) is 47.7 Å². The monoisotopic (exact) mass is 332 g/mol. The van der Waals surface area contributed by atoms with Crippen LogP contribution in [0.1, 0.15) is 49.7 Å². The molecule has 1 fully saturated rings. The number of pyridine rings is 1. The van der Waals surface area contributed by atoms with Crippen LogP contribution in [0.4, 0.5) is 4.79 Å². The molecule has 0 N–H and O–H groups in total. The fourth-order valence-corrected chi connectivity index (χ4v) is 2.47. The third-order valence-electron chi connectivity index (χ3n) is 3.63. The molecule has 0 unspecified atom stereocenters. The minimum absolute atomic E-state index is 0.279. The molecule has 1 aromatic rings. The highest BCUT2D eigenvalue weighted by Crippen LogP contribution is 2.22. The molecule has 6 heteroatoms. The van der Waals surface area contributed by atoms with Crippen molar-refractivity contribution in [2.24, 2.45) is 0 Å². The third kappa shape index (κ3) is 4.81. The summed E-state index contributed by atoms with van der Waals surface area (Å²) < 4.78 is 10.2. The van der Waals surface area contributed by atoms with E-state index in [1.54, 1.807) is 17.2 Å². The average molecular weight is 332 g/mol. The highest BCUT2D eigenvalue weighted by molar-refractivity contribution is 5.91. The van der Waals surface area contributed by atoms with E-state index >= 15 is 0 Å². The van der Waals surface area contributed by atoms with Gasteiger partial charge in [-0.25, -0.2) is 14.6 Å². The quantitative estimate of drug-likeness (QED) is 0.777. The highest BCUT2D eigenvalue weighted by Gasteiger charge is 2.24. The van der Waals surface area contributed by atoms with E-state index in [2.05, 4.69) is 4.98 Å². The van der Waals surface area contributed by atoms with E-state index < -0.39 is 11.6 Å². The number of amides is 1. The molecule has 1 amide bonds. The van der Waals surface area contributed by atoms with Crippen LogP contribution in [0.2, 0.25) is 0 Å². The van der Waals surface area contributed by atoms with Crippen molar-refractivity contribution in [2.45, 2.75) is 39.2 Å². The van der Waals surface area contributed by atoms with Crippen LogP contribution in [-0.2, 0) is 9.47 Å². The van der Waals surface area contributed by atoms with E-state index in [4.69, 9.17) is 9.47 Å². The van der Waals surface area contributed by atoms with Gasteiger partial charge in [-0.05, 0) is 39.7 Å². The van der Waals surface area contributed by atoms with Gasteiger partial charge in [0.2, 0.25) is 0 Å². The molecule has 0 atom stereocenters. The van der Waals surface area contributed by atoms with Gasteiger partial charge in [0.25, 0.3) is 0 Å². The largest absolute Gasteiger partial charge is 0.464 e. The maximum Gasteiger partial charge on any atom is 0.410 e. The summed E-state index contributed by atoms with van der Waals surface area (Å²) in [6, 6.07) is 3.63. The first-order chi connectivity index (χ1) is 11.3. The highest BCUT2D eigenvalue weighted by atomic mass is 16.6. The first kappa shape index (κ1) is 18.0. The SMILES string of the molecule is COC(=O)c1ncccc1C=C1CCN(C(=O)OC(C)(C)C)CC1. The summed E-state index contributed by atoms with van der Waals surface area (Å²) in [6.45, 7) is 6.79. The first-order valence-corrected chi connectivity index (χ1v) is 8.01. The Balaban J connectivity index is 2.04. The van der Waals surface area contributed by atoms with Gasteiger partial charge in [0, 0.05) is 24.8 Å². The fourth-order valence-electron chi connectivity index (χ4n) is 2.47. The lowest BCUT2D eigenvalue weighted by Crippen LogP contribution is -2.40. The van der Waals surface area contributed by atoms with Crippen LogP contribution in [0.5, 0.6) is 0 Å². The van der Waals surface area contributed by atoms with E-state index in [1.807, 2.05) is 32.9 Å². The van der Waals surface area contributed by atoms with Crippen LogP contribution in [0, 0.1) is 0 Å². The summed E-state index contributed by atoms with van der Waals surface area (Å²) in [4.78, 5) is 29.7. The number of methoxy groups -OCH3 is 1. The van der Waals surface area contributed by atoms with Gasteiger partial charge < -0.3 is 14.4 Å². The summed E-state index contributed by atoms with van der Waals surface area (Å²) in [5, 5.41) is 0. The summed E-state index contributed by atoms with van der Waals surface area (Å²) in [7, 11) is 1.34. The predicted octanol–water partition coefficient (Wildman–Crippen LogP) is 3.28. The number of esters is 1. The topological polar surface area (TPSA) is 68.7 Å². The Labute approximate surface area is 142 Å². The molecule has 2 heterocycles. The van der Waals surface area contributed by atoms with Crippen molar-refractivity contribution in [1.82, 2.24) is 9.88 Å². The van der Waals surface area contributed by atoms with Gasteiger partial charge in [0.1, 0.15) is 5.60 Å². The average Bonchev–Trinajstić information content (AvgIpc) is 2.53. The fraction of sp³-hybridized carbons (Fsp3) is 0.500. The summed E-state index contributed by atoms with van der Waals surface area (Å²) in [5.74, 6) is -0.450. The van der Waals surface area contributed by atoms with Gasteiger partial charge in [-0.15, -0.1) is 0 Å². The van der Waals surface area contributed by atoms with Gasteiger partial charge in [-0.2, -0.15) is 0 Å². The molecule has 1 aliphatic rings. The summed E-state index contributed by atoms with van der Waals surface area (Å²) in [6.07, 6.45) is 4.74. The predicted molar refractivity (Wildman–Crippen MR) is 90.6 cm³/mol. The Hall–Kier alpha value is -2.37. The smallest absolute Gasteiger partial charge is 0.410 e. The van der Waals surface area contributed by atoms with E-state index in [0.29, 0.717) is 18.8 Å². The van der Waals surface area contributed by atoms with Crippen molar-refractivity contribution < 1.29 is 19.1 Å². The van der Waals surface area contributed by atoms with Crippen molar-refractivity contribution in [3.8, 4) is 0 Å². The Morgan fingerprint density at radius 2 is 1.92 bits per heavy atom. The maximum atomic E-state index is 12.1. The van der Waals surface area contributed by atoms with E-state index in [1.165, 1.54) is 12.7 Å². The van der Waals surface area contributed by atoms with Gasteiger partial charge in [0.05, 0.1) is 7.11 Å². The number of carbonyl (C=O) groups is 2. The third-order valence-corrected chi connectivity index (χ3v) is 3.63. The molecule has 6 nitrogen and oxygen atoms in total. The molecule has 0 aliphatic carbocycles. The van der Waals surface area contributed by atoms with Crippen molar-refractivity contribution in [3.63, 3.8) is 0 Å². The number of piperidine rings is 1. The minimum atomic E-state index is -0.488. The molecule has 1 aliphatic heterocycles. The van der Waals surface area contributed by atoms with Crippen LogP contribution in [0.3, 0.4) is 0 Å². The lowest BCUT2D eigenvalue weighted by molar-refractivity contribution is 0.0236. The molecule has 0 saturated carbocycles. The van der Waals surface area contributed by atoms with Crippen LogP contribution in [0.15, 0.2) is 23.9 Å². The number of nitrogens with zero attached hydrogens (tertiary/aromatic N) is 2. The number of hydrogen-bond acceptors (Lipinski definition) is 5. The molecule has 0 spiro atoms. The molecular formula is C18H24N2O4. The van der Waals surface area contributed by atoms with E-state index in [0.717, 1.165) is 18.4 Å². The standard InChI is InChI=1S/C18H24N2O4/c1-18(2,3)24-17(22)20-10-7-13(8-11-20)12-14-6-5-9-19-15(14)16(21)23-4/h5-6,9,12H,7-8,10-11H2,1-4H3. The van der Waals surface area contributed by atoms with Crippen molar-refractivity contribution in [1.29, 1.82) is 0 Å². The number of rotatable bonds is 2. The van der Waals surface area contributed by atoms with Crippen LogP contribution in [0.25, 0.3) is 6.08 Å². The van der Waals surface area contributed by atoms with Gasteiger partial charge in [-0.3, -0.25) is 0 Å². The summed E-state index contributed by atoms with van der Waals surface area (Å²) in [5.41, 5.74) is 1.73. The van der Waals surface area contributed by atoms with Crippen molar-refractivity contribution >= 4 is 18.1 Å². The van der Waals surface area contributed by atoms with E-state index in [9.17, 15) is 9.59 Å². The van der Waals surface area contributed by atoms with Gasteiger partial charge >= 0.3 is 12.1 Å².